The second kappa shape index (κ2) is 7.77. The summed E-state index contributed by atoms with van der Waals surface area (Å²) in [5, 5.41) is 0. The number of morpholine rings is 1. The summed E-state index contributed by atoms with van der Waals surface area (Å²) in [5.41, 5.74) is 1.60. The van der Waals surface area contributed by atoms with Crippen molar-refractivity contribution in [3.05, 3.63) is 58.2 Å². The zero-order valence-corrected chi connectivity index (χ0v) is 15.0. The van der Waals surface area contributed by atoms with E-state index in [9.17, 15) is 4.79 Å². The van der Waals surface area contributed by atoms with Crippen LogP contribution in [0.25, 0.3) is 0 Å². The molecule has 1 atom stereocenters. The Kier molecular flexibility index (Phi) is 5.48. The molecule has 1 fully saturated rings. The average Bonchev–Trinajstić information content (AvgIpc) is 2.62. The maximum absolute atomic E-state index is 11.7. The van der Waals surface area contributed by atoms with Gasteiger partial charge in [-0.25, -0.2) is 9.78 Å². The molecule has 0 radical (unpaired) electrons. The summed E-state index contributed by atoms with van der Waals surface area (Å²) in [5.74, 6) is 0.494. The fourth-order valence-corrected chi connectivity index (χ4v) is 3.23. The van der Waals surface area contributed by atoms with Gasteiger partial charge in [-0.05, 0) is 30.7 Å². The van der Waals surface area contributed by atoms with Crippen LogP contribution < -0.4 is 4.90 Å². The molecule has 5 nitrogen and oxygen atoms in total. The second-order valence-electron chi connectivity index (χ2n) is 5.45. The van der Waals surface area contributed by atoms with Crippen molar-refractivity contribution in [2.24, 2.45) is 0 Å². The number of esters is 1. The van der Waals surface area contributed by atoms with Gasteiger partial charge in [-0.2, -0.15) is 0 Å². The van der Waals surface area contributed by atoms with Crippen LogP contribution in [0.1, 0.15) is 28.9 Å². The Balaban J connectivity index is 1.73. The van der Waals surface area contributed by atoms with Crippen LogP contribution in [-0.4, -0.2) is 37.3 Å². The third kappa shape index (κ3) is 3.76. The lowest BCUT2D eigenvalue weighted by Crippen LogP contribution is -2.39. The second-order valence-corrected chi connectivity index (χ2v) is 6.31. The van der Waals surface area contributed by atoms with E-state index in [1.165, 1.54) is 0 Å². The molecule has 0 spiro atoms. The molecule has 0 saturated carbocycles. The normalized spacial score (nSPS) is 17.6. The third-order valence-electron chi connectivity index (χ3n) is 3.90. The summed E-state index contributed by atoms with van der Waals surface area (Å²) < 4.78 is 11.9. The molecule has 0 amide bonds. The van der Waals surface area contributed by atoms with Crippen molar-refractivity contribution in [1.82, 2.24) is 4.98 Å². The van der Waals surface area contributed by atoms with E-state index >= 15 is 0 Å². The van der Waals surface area contributed by atoms with E-state index in [-0.39, 0.29) is 12.1 Å². The number of aromatic nitrogens is 1. The molecule has 0 aliphatic carbocycles. The van der Waals surface area contributed by atoms with Crippen LogP contribution >= 0.6 is 15.9 Å². The molecule has 2 aromatic rings. The molecule has 3 rings (SSSR count). The number of benzene rings is 1. The Morgan fingerprint density at radius 1 is 1.38 bits per heavy atom. The third-order valence-corrected chi connectivity index (χ3v) is 4.62. The van der Waals surface area contributed by atoms with E-state index < -0.39 is 0 Å². The molecule has 0 bridgehead atoms. The van der Waals surface area contributed by atoms with Gasteiger partial charge >= 0.3 is 5.97 Å². The largest absolute Gasteiger partial charge is 0.462 e. The molecule has 1 aliphatic rings. The Hall–Kier alpha value is -1.92. The van der Waals surface area contributed by atoms with Crippen molar-refractivity contribution in [3.63, 3.8) is 0 Å². The van der Waals surface area contributed by atoms with Crippen molar-refractivity contribution in [3.8, 4) is 0 Å². The van der Waals surface area contributed by atoms with Gasteiger partial charge in [-0.3, -0.25) is 0 Å². The van der Waals surface area contributed by atoms with Gasteiger partial charge < -0.3 is 14.4 Å². The zero-order valence-electron chi connectivity index (χ0n) is 13.4. The smallest absolute Gasteiger partial charge is 0.339 e. The Morgan fingerprint density at radius 3 is 2.92 bits per heavy atom. The SMILES string of the molecule is CCOC(=O)c1ccc(N2CCOC(c3ccccc3Br)C2)nc1. The van der Waals surface area contributed by atoms with Crippen LogP contribution in [0.4, 0.5) is 5.82 Å². The predicted molar refractivity (Wildman–Crippen MR) is 95.2 cm³/mol. The summed E-state index contributed by atoms with van der Waals surface area (Å²) in [6, 6.07) is 11.7. The number of rotatable bonds is 4. The first-order valence-electron chi connectivity index (χ1n) is 7.93. The fourth-order valence-electron chi connectivity index (χ4n) is 2.69. The van der Waals surface area contributed by atoms with Crippen molar-refractivity contribution in [2.45, 2.75) is 13.0 Å². The van der Waals surface area contributed by atoms with Gasteiger partial charge in [-0.15, -0.1) is 0 Å². The molecule has 1 aromatic heterocycles. The molecule has 1 aromatic carbocycles. The average molecular weight is 391 g/mol. The number of pyridine rings is 1. The van der Waals surface area contributed by atoms with Gasteiger partial charge in [0.25, 0.3) is 0 Å². The molecule has 1 saturated heterocycles. The molecule has 24 heavy (non-hydrogen) atoms. The molecular formula is C18H19BrN2O3. The minimum atomic E-state index is -0.343. The summed E-state index contributed by atoms with van der Waals surface area (Å²) in [6.45, 7) is 4.27. The van der Waals surface area contributed by atoms with Crippen LogP contribution in [0.3, 0.4) is 0 Å². The van der Waals surface area contributed by atoms with E-state index in [0.717, 1.165) is 22.4 Å². The van der Waals surface area contributed by atoms with Crippen molar-refractivity contribution >= 4 is 27.7 Å². The van der Waals surface area contributed by atoms with E-state index in [1.807, 2.05) is 24.3 Å². The number of anilines is 1. The van der Waals surface area contributed by atoms with E-state index in [4.69, 9.17) is 9.47 Å². The first-order valence-corrected chi connectivity index (χ1v) is 8.72. The highest BCUT2D eigenvalue weighted by Gasteiger charge is 2.24. The standard InChI is InChI=1S/C18H19BrN2O3/c1-2-23-18(22)13-7-8-17(20-11-13)21-9-10-24-16(12-21)14-5-3-4-6-15(14)19/h3-8,11,16H,2,9-10,12H2,1H3. The first-order chi connectivity index (χ1) is 11.7. The number of ether oxygens (including phenoxy) is 2. The van der Waals surface area contributed by atoms with Gasteiger partial charge in [0.1, 0.15) is 11.9 Å². The number of carbonyl (C=O) groups excluding carboxylic acids is 1. The Morgan fingerprint density at radius 2 is 2.21 bits per heavy atom. The maximum Gasteiger partial charge on any atom is 0.339 e. The molecule has 0 N–H and O–H groups in total. The molecular weight excluding hydrogens is 372 g/mol. The summed E-state index contributed by atoms with van der Waals surface area (Å²) in [6.07, 6.45) is 1.55. The van der Waals surface area contributed by atoms with Gasteiger partial charge in [0.05, 0.1) is 18.8 Å². The van der Waals surface area contributed by atoms with Crippen LogP contribution in [0.2, 0.25) is 0 Å². The highest BCUT2D eigenvalue weighted by Crippen LogP contribution is 2.30. The lowest BCUT2D eigenvalue weighted by molar-refractivity contribution is 0.0390. The molecule has 2 heterocycles. The number of nitrogens with zero attached hydrogens (tertiary/aromatic N) is 2. The quantitative estimate of drug-likeness (QED) is 0.746. The van der Waals surface area contributed by atoms with Gasteiger partial charge in [0.2, 0.25) is 0 Å². The lowest BCUT2D eigenvalue weighted by atomic mass is 10.1. The maximum atomic E-state index is 11.7. The molecule has 6 heteroatoms. The van der Waals surface area contributed by atoms with Crippen molar-refractivity contribution < 1.29 is 14.3 Å². The van der Waals surface area contributed by atoms with Crippen molar-refractivity contribution in [2.75, 3.05) is 31.2 Å². The first kappa shape index (κ1) is 16.9. The van der Waals surface area contributed by atoms with Crippen LogP contribution in [-0.2, 0) is 9.47 Å². The Labute approximate surface area is 149 Å². The molecule has 1 unspecified atom stereocenters. The number of carbonyl (C=O) groups is 1. The van der Waals surface area contributed by atoms with E-state index in [2.05, 4.69) is 31.9 Å². The van der Waals surface area contributed by atoms with E-state index in [0.29, 0.717) is 25.3 Å². The van der Waals surface area contributed by atoms with Crippen LogP contribution in [0.5, 0.6) is 0 Å². The van der Waals surface area contributed by atoms with Gasteiger partial charge in [0.15, 0.2) is 0 Å². The van der Waals surface area contributed by atoms with Crippen LogP contribution in [0.15, 0.2) is 47.1 Å². The molecule has 1 aliphatic heterocycles. The highest BCUT2D eigenvalue weighted by atomic mass is 79.9. The highest BCUT2D eigenvalue weighted by molar-refractivity contribution is 9.10. The summed E-state index contributed by atoms with van der Waals surface area (Å²) >= 11 is 3.58. The number of hydrogen-bond donors (Lipinski definition) is 0. The fraction of sp³-hybridized carbons (Fsp3) is 0.333. The zero-order chi connectivity index (χ0) is 16.9. The summed E-state index contributed by atoms with van der Waals surface area (Å²) in [7, 11) is 0. The van der Waals surface area contributed by atoms with Crippen LogP contribution in [0, 0.1) is 0 Å². The number of halogens is 1. The minimum absolute atomic E-state index is 0.0131. The molecule has 126 valence electrons. The summed E-state index contributed by atoms with van der Waals surface area (Å²) in [4.78, 5) is 18.3. The minimum Gasteiger partial charge on any atom is -0.462 e. The van der Waals surface area contributed by atoms with Crippen molar-refractivity contribution in [1.29, 1.82) is 0 Å². The Bertz CT molecular complexity index is 706. The monoisotopic (exact) mass is 390 g/mol. The van der Waals surface area contributed by atoms with Gasteiger partial charge in [-0.1, -0.05) is 34.1 Å². The predicted octanol–water partition coefficient (Wildman–Crippen LogP) is 3.60. The number of hydrogen-bond acceptors (Lipinski definition) is 5. The lowest BCUT2D eigenvalue weighted by Gasteiger charge is -2.34. The van der Waals surface area contributed by atoms with Gasteiger partial charge in [0, 0.05) is 23.8 Å². The van der Waals surface area contributed by atoms with E-state index in [1.54, 1.807) is 19.2 Å². The topological polar surface area (TPSA) is 51.7 Å².